The minimum atomic E-state index is -0.0444. The number of carbonyl (C=O) groups excluding carboxylic acids is 1. The monoisotopic (exact) mass is 491 g/mol. The molecule has 0 aromatic heterocycles. The van der Waals surface area contributed by atoms with Gasteiger partial charge < -0.3 is 9.47 Å². The molecular weight excluding hydrogens is 470 g/mol. The maximum absolute atomic E-state index is 12.9. The van der Waals surface area contributed by atoms with Gasteiger partial charge in [0.15, 0.2) is 11.5 Å². The van der Waals surface area contributed by atoms with Crippen LogP contribution in [0, 0.1) is 0 Å². The average Bonchev–Trinajstić information content (AvgIpc) is 2.98. The van der Waals surface area contributed by atoms with Crippen LogP contribution in [0.15, 0.2) is 51.8 Å². The SMILES string of the molecule is CCOc1c(Br)cc(/C=C2\SC(=S)N(CCCc3ccccc3)C2=O)cc1OC. The van der Waals surface area contributed by atoms with Crippen LogP contribution in [0.1, 0.15) is 24.5 Å². The van der Waals surface area contributed by atoms with Crippen LogP contribution in [-0.4, -0.2) is 35.4 Å². The minimum Gasteiger partial charge on any atom is -0.493 e. The van der Waals surface area contributed by atoms with Gasteiger partial charge in [0.25, 0.3) is 5.91 Å². The van der Waals surface area contributed by atoms with E-state index in [9.17, 15) is 4.79 Å². The molecule has 0 aliphatic carbocycles. The summed E-state index contributed by atoms with van der Waals surface area (Å²) in [4.78, 5) is 15.2. The molecule has 29 heavy (non-hydrogen) atoms. The van der Waals surface area contributed by atoms with Crippen molar-refractivity contribution in [3.8, 4) is 11.5 Å². The highest BCUT2D eigenvalue weighted by Crippen LogP contribution is 2.39. The number of thiocarbonyl (C=S) groups is 1. The van der Waals surface area contributed by atoms with Crippen molar-refractivity contribution in [2.75, 3.05) is 20.3 Å². The topological polar surface area (TPSA) is 38.8 Å². The third kappa shape index (κ3) is 5.41. The molecule has 1 aliphatic heterocycles. The van der Waals surface area contributed by atoms with Crippen molar-refractivity contribution in [3.63, 3.8) is 0 Å². The molecule has 0 atom stereocenters. The van der Waals surface area contributed by atoms with E-state index in [0.29, 0.717) is 33.9 Å². The fourth-order valence-corrected chi connectivity index (χ4v) is 4.92. The zero-order valence-corrected chi connectivity index (χ0v) is 19.5. The largest absolute Gasteiger partial charge is 0.493 e. The van der Waals surface area contributed by atoms with E-state index in [1.165, 1.54) is 17.3 Å². The van der Waals surface area contributed by atoms with Crippen molar-refractivity contribution in [1.82, 2.24) is 4.90 Å². The number of methoxy groups -OCH3 is 1. The molecule has 0 bridgehead atoms. The second-order valence-corrected chi connectivity index (χ2v) is 8.92. The zero-order valence-electron chi connectivity index (χ0n) is 16.3. The van der Waals surface area contributed by atoms with Gasteiger partial charge >= 0.3 is 0 Å². The number of carbonyl (C=O) groups is 1. The molecule has 152 valence electrons. The maximum atomic E-state index is 12.9. The van der Waals surface area contributed by atoms with Gasteiger partial charge in [-0.15, -0.1) is 0 Å². The Balaban J connectivity index is 1.71. The highest BCUT2D eigenvalue weighted by atomic mass is 79.9. The van der Waals surface area contributed by atoms with Crippen molar-refractivity contribution in [2.45, 2.75) is 19.8 Å². The van der Waals surface area contributed by atoms with Gasteiger partial charge in [-0.05, 0) is 65.0 Å². The Morgan fingerprint density at radius 1 is 1.24 bits per heavy atom. The summed E-state index contributed by atoms with van der Waals surface area (Å²) in [6.07, 6.45) is 3.63. The number of nitrogens with zero attached hydrogens (tertiary/aromatic N) is 1. The summed E-state index contributed by atoms with van der Waals surface area (Å²) in [7, 11) is 1.60. The Bertz CT molecular complexity index is 931. The van der Waals surface area contributed by atoms with E-state index < -0.39 is 0 Å². The molecule has 0 saturated carbocycles. The van der Waals surface area contributed by atoms with Crippen LogP contribution in [0.2, 0.25) is 0 Å². The molecule has 1 saturated heterocycles. The van der Waals surface area contributed by atoms with E-state index >= 15 is 0 Å². The Hall–Kier alpha value is -1.83. The summed E-state index contributed by atoms with van der Waals surface area (Å²) in [5.41, 5.74) is 2.11. The molecule has 7 heteroatoms. The Kier molecular flexibility index (Phi) is 7.75. The molecule has 2 aromatic carbocycles. The highest BCUT2D eigenvalue weighted by molar-refractivity contribution is 9.10. The second kappa shape index (κ2) is 10.3. The summed E-state index contributed by atoms with van der Waals surface area (Å²) in [5.74, 6) is 1.23. The van der Waals surface area contributed by atoms with Crippen molar-refractivity contribution in [2.24, 2.45) is 0 Å². The van der Waals surface area contributed by atoms with E-state index in [-0.39, 0.29) is 5.91 Å². The van der Waals surface area contributed by atoms with Crippen LogP contribution >= 0.6 is 39.9 Å². The Morgan fingerprint density at radius 3 is 2.69 bits per heavy atom. The molecule has 4 nitrogen and oxygen atoms in total. The molecule has 1 fully saturated rings. The number of ether oxygens (including phenoxy) is 2. The third-order valence-electron chi connectivity index (χ3n) is 4.40. The molecule has 1 aliphatic rings. The molecular formula is C22H22BrNO3S2. The lowest BCUT2D eigenvalue weighted by molar-refractivity contribution is -0.122. The molecule has 0 spiro atoms. The number of aryl methyl sites for hydroxylation is 1. The number of hydrogen-bond donors (Lipinski definition) is 0. The van der Waals surface area contributed by atoms with E-state index in [1.54, 1.807) is 12.0 Å². The van der Waals surface area contributed by atoms with E-state index in [0.717, 1.165) is 22.9 Å². The Morgan fingerprint density at radius 2 is 2.00 bits per heavy atom. The first kappa shape index (κ1) is 21.9. The first-order valence-corrected chi connectivity index (χ1v) is 11.3. The first-order valence-electron chi connectivity index (χ1n) is 9.33. The van der Waals surface area contributed by atoms with Crippen LogP contribution in [0.5, 0.6) is 11.5 Å². The van der Waals surface area contributed by atoms with E-state index in [4.69, 9.17) is 21.7 Å². The fourth-order valence-electron chi connectivity index (χ4n) is 3.04. The lowest BCUT2D eigenvalue weighted by Crippen LogP contribution is -2.29. The first-order chi connectivity index (χ1) is 14.0. The quantitative estimate of drug-likeness (QED) is 0.350. The van der Waals surface area contributed by atoms with Crippen molar-refractivity contribution < 1.29 is 14.3 Å². The van der Waals surface area contributed by atoms with Crippen LogP contribution in [0.4, 0.5) is 0 Å². The van der Waals surface area contributed by atoms with Gasteiger partial charge in [-0.25, -0.2) is 0 Å². The highest BCUT2D eigenvalue weighted by Gasteiger charge is 2.31. The van der Waals surface area contributed by atoms with E-state index in [1.807, 2.05) is 43.3 Å². The summed E-state index contributed by atoms with van der Waals surface area (Å²) in [6, 6.07) is 14.0. The van der Waals surface area contributed by atoms with Gasteiger partial charge in [0.05, 0.1) is 23.1 Å². The molecule has 3 rings (SSSR count). The zero-order chi connectivity index (χ0) is 20.8. The minimum absolute atomic E-state index is 0.0444. The van der Waals surface area contributed by atoms with Crippen LogP contribution in [0.25, 0.3) is 6.08 Å². The number of thioether (sulfide) groups is 1. The number of rotatable bonds is 8. The standard InChI is InChI=1S/C22H22BrNO3S2/c1-3-27-20-17(23)12-16(13-18(20)26-2)14-19-21(25)24(22(28)29-19)11-7-10-15-8-5-4-6-9-15/h4-6,8-9,12-14H,3,7,10-11H2,1-2H3/b19-14-. The second-order valence-electron chi connectivity index (χ2n) is 6.39. The average molecular weight is 492 g/mol. The Labute approximate surface area is 189 Å². The summed E-state index contributed by atoms with van der Waals surface area (Å²) in [5, 5.41) is 0. The maximum Gasteiger partial charge on any atom is 0.266 e. The number of hydrogen-bond acceptors (Lipinski definition) is 5. The number of amides is 1. The fraction of sp³-hybridized carbons (Fsp3) is 0.273. The van der Waals surface area contributed by atoms with Crippen LogP contribution in [-0.2, 0) is 11.2 Å². The summed E-state index contributed by atoms with van der Waals surface area (Å²) < 4.78 is 12.4. The molecule has 0 radical (unpaired) electrons. The lowest BCUT2D eigenvalue weighted by atomic mass is 10.1. The van der Waals surface area contributed by atoms with Gasteiger partial charge in [-0.3, -0.25) is 9.69 Å². The molecule has 0 unspecified atom stereocenters. The smallest absolute Gasteiger partial charge is 0.266 e. The van der Waals surface area contributed by atoms with Gasteiger partial charge in [-0.2, -0.15) is 0 Å². The van der Waals surface area contributed by atoms with Gasteiger partial charge in [-0.1, -0.05) is 54.3 Å². The van der Waals surface area contributed by atoms with Crippen molar-refractivity contribution >= 4 is 56.2 Å². The van der Waals surface area contributed by atoms with Gasteiger partial charge in [0.1, 0.15) is 4.32 Å². The predicted molar refractivity (Wildman–Crippen MR) is 127 cm³/mol. The van der Waals surface area contributed by atoms with Crippen LogP contribution < -0.4 is 9.47 Å². The predicted octanol–water partition coefficient (Wildman–Crippen LogP) is 5.69. The molecule has 1 heterocycles. The molecule has 0 N–H and O–H groups in total. The van der Waals surface area contributed by atoms with Crippen molar-refractivity contribution in [3.05, 3.63) is 63.0 Å². The number of halogens is 1. The molecule has 1 amide bonds. The van der Waals surface area contributed by atoms with Gasteiger partial charge in [0.2, 0.25) is 0 Å². The number of benzene rings is 2. The molecule has 2 aromatic rings. The van der Waals surface area contributed by atoms with Gasteiger partial charge in [0, 0.05) is 6.54 Å². The lowest BCUT2D eigenvalue weighted by Gasteiger charge is -2.14. The third-order valence-corrected chi connectivity index (χ3v) is 6.37. The van der Waals surface area contributed by atoms with Crippen LogP contribution in [0.3, 0.4) is 0 Å². The normalized spacial score (nSPS) is 15.3. The van der Waals surface area contributed by atoms with E-state index in [2.05, 4.69) is 28.1 Å². The summed E-state index contributed by atoms with van der Waals surface area (Å²) in [6.45, 7) is 3.08. The van der Waals surface area contributed by atoms with Crippen molar-refractivity contribution in [1.29, 1.82) is 0 Å². The summed E-state index contributed by atoms with van der Waals surface area (Å²) >= 11 is 10.3.